The van der Waals surface area contributed by atoms with Crippen molar-refractivity contribution in [3.8, 4) is 5.75 Å². The first-order chi connectivity index (χ1) is 15.1. The van der Waals surface area contributed by atoms with Crippen LogP contribution in [0.1, 0.15) is 20.7 Å². The molecule has 2 aromatic carbocycles. The number of carbonyl (C=O) groups is 2. The highest BCUT2D eigenvalue weighted by molar-refractivity contribution is 5.97. The maximum absolute atomic E-state index is 13.1. The summed E-state index contributed by atoms with van der Waals surface area (Å²) in [5.41, 5.74) is 2.79. The number of nitrogens with zero attached hydrogens (tertiary/aromatic N) is 4. The van der Waals surface area contributed by atoms with Gasteiger partial charge in [0, 0.05) is 37.3 Å². The Morgan fingerprint density at radius 3 is 2.03 bits per heavy atom. The van der Waals surface area contributed by atoms with E-state index in [1.807, 2.05) is 40.1 Å². The van der Waals surface area contributed by atoms with Crippen LogP contribution >= 0.6 is 0 Å². The number of hydrogen-bond acceptors (Lipinski definition) is 5. The summed E-state index contributed by atoms with van der Waals surface area (Å²) in [6, 6.07) is 12.8. The first-order valence-corrected chi connectivity index (χ1v) is 10.7. The third-order valence-electron chi connectivity index (χ3n) is 7.38. The van der Waals surface area contributed by atoms with Crippen LogP contribution < -0.4 is 4.74 Å². The van der Waals surface area contributed by atoms with Gasteiger partial charge in [0.1, 0.15) is 16.8 Å². The maximum atomic E-state index is 13.1. The number of H-pyrrole nitrogens is 1. The van der Waals surface area contributed by atoms with Crippen LogP contribution in [0.15, 0.2) is 42.5 Å². The number of amides is 2. The molecule has 3 aliphatic rings. The van der Waals surface area contributed by atoms with Crippen molar-refractivity contribution in [3.63, 3.8) is 0 Å². The van der Waals surface area contributed by atoms with E-state index in [-0.39, 0.29) is 11.8 Å². The van der Waals surface area contributed by atoms with Crippen LogP contribution in [0, 0.1) is 23.7 Å². The number of aromatic nitrogens is 3. The summed E-state index contributed by atoms with van der Waals surface area (Å²) < 4.78 is 5.26. The van der Waals surface area contributed by atoms with Gasteiger partial charge in [0.05, 0.1) is 7.11 Å². The second-order valence-corrected chi connectivity index (χ2v) is 8.83. The van der Waals surface area contributed by atoms with Gasteiger partial charge in [-0.25, -0.2) is 0 Å². The van der Waals surface area contributed by atoms with E-state index in [2.05, 4.69) is 15.4 Å². The van der Waals surface area contributed by atoms with Gasteiger partial charge < -0.3 is 14.5 Å². The number of fused-ring (bicyclic) bond motifs is 5. The van der Waals surface area contributed by atoms with E-state index in [9.17, 15) is 9.59 Å². The van der Waals surface area contributed by atoms with E-state index >= 15 is 0 Å². The van der Waals surface area contributed by atoms with Gasteiger partial charge in [-0.2, -0.15) is 15.4 Å². The van der Waals surface area contributed by atoms with Crippen LogP contribution in [0.2, 0.25) is 0 Å². The third kappa shape index (κ3) is 2.81. The number of methoxy groups -OCH3 is 1. The van der Waals surface area contributed by atoms with Gasteiger partial charge in [-0.3, -0.25) is 9.59 Å². The first kappa shape index (κ1) is 18.4. The molecule has 31 heavy (non-hydrogen) atoms. The molecule has 3 fully saturated rings. The Balaban J connectivity index is 1.13. The molecule has 0 radical (unpaired) electrons. The van der Waals surface area contributed by atoms with E-state index in [0.29, 0.717) is 46.1 Å². The predicted molar refractivity (Wildman–Crippen MR) is 113 cm³/mol. The summed E-state index contributed by atoms with van der Waals surface area (Å²) in [6.07, 6.45) is 0. The van der Waals surface area contributed by atoms with Crippen LogP contribution in [0.3, 0.4) is 0 Å². The summed E-state index contributed by atoms with van der Waals surface area (Å²) in [5.74, 6) is 2.75. The zero-order chi connectivity index (χ0) is 21.1. The number of carbonyl (C=O) groups excluding carboxylic acids is 2. The molecule has 2 amide bonds. The lowest BCUT2D eigenvalue weighted by Gasteiger charge is -2.42. The second kappa shape index (κ2) is 6.80. The van der Waals surface area contributed by atoms with Crippen molar-refractivity contribution in [1.29, 1.82) is 0 Å². The topological polar surface area (TPSA) is 91.4 Å². The molecular weight excluding hydrogens is 394 g/mol. The number of rotatable bonds is 3. The summed E-state index contributed by atoms with van der Waals surface area (Å²) in [6.45, 7) is 3.08. The lowest BCUT2D eigenvalue weighted by Crippen LogP contribution is -2.44. The molecule has 6 rings (SSSR count). The van der Waals surface area contributed by atoms with E-state index in [1.54, 1.807) is 19.2 Å². The molecule has 158 valence electrons. The predicted octanol–water partition coefficient (Wildman–Crippen LogP) is 2.06. The SMILES string of the molecule is COc1cccc(C(=O)N2C[C@@H]3[C@H](C2)[C@H]2CN(C(=O)c4ccc5n[nH]nc5c4)C[C@@H]32)c1. The second-order valence-electron chi connectivity index (χ2n) is 8.83. The Kier molecular flexibility index (Phi) is 4.03. The Labute approximate surface area is 179 Å². The lowest BCUT2D eigenvalue weighted by atomic mass is 9.60. The van der Waals surface area contributed by atoms with Crippen LogP contribution in [0.4, 0.5) is 0 Å². The largest absolute Gasteiger partial charge is 0.497 e. The fraction of sp³-hybridized carbons (Fsp3) is 0.391. The number of aromatic amines is 1. The Hall–Kier alpha value is -3.42. The lowest BCUT2D eigenvalue weighted by molar-refractivity contribution is 0.0629. The van der Waals surface area contributed by atoms with Crippen molar-refractivity contribution in [3.05, 3.63) is 53.6 Å². The molecule has 0 spiro atoms. The minimum atomic E-state index is 0.0571. The minimum absolute atomic E-state index is 0.0571. The zero-order valence-electron chi connectivity index (χ0n) is 17.2. The van der Waals surface area contributed by atoms with Gasteiger partial charge in [-0.05, 0) is 60.1 Å². The molecule has 2 saturated heterocycles. The van der Waals surface area contributed by atoms with Crippen molar-refractivity contribution >= 4 is 22.8 Å². The van der Waals surface area contributed by atoms with Crippen LogP contribution in [-0.2, 0) is 0 Å². The van der Waals surface area contributed by atoms with Crippen molar-refractivity contribution in [2.24, 2.45) is 23.7 Å². The van der Waals surface area contributed by atoms with Gasteiger partial charge in [0.2, 0.25) is 0 Å². The van der Waals surface area contributed by atoms with E-state index < -0.39 is 0 Å². The van der Waals surface area contributed by atoms with Crippen LogP contribution in [-0.4, -0.2) is 70.3 Å². The molecule has 3 heterocycles. The number of likely N-dealkylation sites (tertiary alicyclic amines) is 2. The molecule has 1 aromatic heterocycles. The van der Waals surface area contributed by atoms with Gasteiger partial charge in [-0.15, -0.1) is 0 Å². The third-order valence-corrected chi connectivity index (χ3v) is 7.38. The quantitative estimate of drug-likeness (QED) is 0.704. The van der Waals surface area contributed by atoms with Crippen molar-refractivity contribution in [2.75, 3.05) is 33.3 Å². The highest BCUT2D eigenvalue weighted by atomic mass is 16.5. The van der Waals surface area contributed by atoms with Crippen LogP contribution in [0.25, 0.3) is 11.0 Å². The fourth-order valence-corrected chi connectivity index (χ4v) is 5.80. The Morgan fingerprint density at radius 1 is 0.839 bits per heavy atom. The average molecular weight is 417 g/mol. The highest BCUT2D eigenvalue weighted by Gasteiger charge is 2.59. The van der Waals surface area contributed by atoms with Gasteiger partial charge in [-0.1, -0.05) is 6.07 Å². The summed E-state index contributed by atoms with van der Waals surface area (Å²) in [5, 5.41) is 10.7. The normalized spacial score (nSPS) is 26.5. The standard InChI is InChI=1S/C23H23N5O3/c1-31-15-4-2-3-13(7-15)22(29)27-9-16-17(10-27)19-12-28(11-18(16)19)23(30)14-5-6-20-21(8-14)25-26-24-20/h2-8,16-19H,9-12H2,1H3,(H,24,25,26)/t16-,17+,18+,19-. The molecule has 3 aromatic rings. The minimum Gasteiger partial charge on any atom is -0.497 e. The molecular formula is C23H23N5O3. The van der Waals surface area contributed by atoms with Gasteiger partial charge in [0.15, 0.2) is 0 Å². The summed E-state index contributed by atoms with van der Waals surface area (Å²) in [7, 11) is 1.61. The molecule has 8 heteroatoms. The molecule has 0 bridgehead atoms. The van der Waals surface area contributed by atoms with E-state index in [4.69, 9.17) is 4.74 Å². The molecule has 8 nitrogen and oxygen atoms in total. The van der Waals surface area contributed by atoms with Crippen LogP contribution in [0.5, 0.6) is 5.75 Å². The van der Waals surface area contributed by atoms with Crippen molar-refractivity contribution in [1.82, 2.24) is 25.2 Å². The van der Waals surface area contributed by atoms with Gasteiger partial charge >= 0.3 is 0 Å². The molecule has 0 unspecified atom stereocenters. The number of ether oxygens (including phenoxy) is 1. The molecule has 1 aliphatic carbocycles. The van der Waals surface area contributed by atoms with E-state index in [0.717, 1.165) is 31.7 Å². The molecule has 1 saturated carbocycles. The number of hydrogen-bond donors (Lipinski definition) is 1. The highest BCUT2D eigenvalue weighted by Crippen LogP contribution is 2.54. The summed E-state index contributed by atoms with van der Waals surface area (Å²) in [4.78, 5) is 30.0. The zero-order valence-corrected chi connectivity index (χ0v) is 17.2. The van der Waals surface area contributed by atoms with E-state index in [1.165, 1.54) is 0 Å². The summed E-state index contributed by atoms with van der Waals surface area (Å²) >= 11 is 0. The molecule has 2 aliphatic heterocycles. The monoisotopic (exact) mass is 417 g/mol. The fourth-order valence-electron chi connectivity index (χ4n) is 5.80. The first-order valence-electron chi connectivity index (χ1n) is 10.7. The number of benzene rings is 2. The number of nitrogens with one attached hydrogen (secondary N) is 1. The Bertz CT molecular complexity index is 1170. The smallest absolute Gasteiger partial charge is 0.254 e. The average Bonchev–Trinajstić information content (AvgIpc) is 3.51. The maximum Gasteiger partial charge on any atom is 0.254 e. The van der Waals surface area contributed by atoms with Crippen molar-refractivity contribution in [2.45, 2.75) is 0 Å². The Morgan fingerprint density at radius 2 is 1.42 bits per heavy atom. The van der Waals surface area contributed by atoms with Gasteiger partial charge in [0.25, 0.3) is 11.8 Å². The molecule has 4 atom stereocenters. The van der Waals surface area contributed by atoms with Crippen molar-refractivity contribution < 1.29 is 14.3 Å². The molecule has 1 N–H and O–H groups in total.